The van der Waals surface area contributed by atoms with Gasteiger partial charge in [0.1, 0.15) is 0 Å². The number of nitrogens with one attached hydrogen (secondary N) is 1. The van der Waals surface area contributed by atoms with Crippen molar-refractivity contribution in [1.82, 2.24) is 15.2 Å². The van der Waals surface area contributed by atoms with Crippen LogP contribution in [0.5, 0.6) is 0 Å². The average Bonchev–Trinajstić information content (AvgIpc) is 2.88. The van der Waals surface area contributed by atoms with E-state index in [9.17, 15) is 0 Å². The summed E-state index contributed by atoms with van der Waals surface area (Å²) in [5.41, 5.74) is 3.99. The van der Waals surface area contributed by atoms with Crippen LogP contribution in [0.1, 0.15) is 79.1 Å². The zero-order valence-electron chi connectivity index (χ0n) is 15.5. The fraction of sp³-hybridized carbons (Fsp3) is 0.632. The Hall–Kier alpha value is -1.42. The summed E-state index contributed by atoms with van der Waals surface area (Å²) in [5.74, 6) is 1.33. The minimum atomic E-state index is 0. The third kappa shape index (κ3) is 5.59. The topological polar surface area (TPSA) is 53.9 Å². The molecule has 0 saturated heterocycles. The highest BCUT2D eigenvalue weighted by atomic mass is 35.5. The van der Waals surface area contributed by atoms with E-state index in [4.69, 9.17) is 11.6 Å². The van der Waals surface area contributed by atoms with Gasteiger partial charge in [-0.3, -0.25) is 10.1 Å². The quantitative estimate of drug-likeness (QED) is 0.666. The van der Waals surface area contributed by atoms with Crippen LogP contribution in [-0.4, -0.2) is 27.9 Å². The summed E-state index contributed by atoms with van der Waals surface area (Å²) in [7, 11) is 1.83. The van der Waals surface area contributed by atoms with E-state index in [1.54, 1.807) is 0 Å². The largest absolute Gasteiger partial charge is 0.297 e. The standard InChI is InChI=1S/C12H16ClN3.C6H13N.CH4/c1-6(2)10-8-5-9(13)11(7(3)4)14-12(8)16-15-10;1-5(2)6(3)7-4;/h5-7H,1-4H3,(H,14,15,16);5H,1-4H3;1H4. The van der Waals surface area contributed by atoms with Crippen LogP contribution in [-0.2, 0) is 0 Å². The van der Waals surface area contributed by atoms with Crippen molar-refractivity contribution in [2.24, 2.45) is 10.9 Å². The first-order chi connectivity index (χ1) is 10.7. The Bertz CT molecular complexity index is 669. The first-order valence-electron chi connectivity index (χ1n) is 8.16. The average molecular weight is 353 g/mol. The van der Waals surface area contributed by atoms with E-state index in [0.29, 0.717) is 17.8 Å². The van der Waals surface area contributed by atoms with E-state index < -0.39 is 0 Å². The number of fused-ring (bicyclic) bond motifs is 1. The zero-order chi connectivity index (χ0) is 17.7. The Kier molecular flexibility index (Phi) is 9.20. The zero-order valence-corrected chi connectivity index (χ0v) is 16.3. The molecule has 136 valence electrons. The molecule has 0 fully saturated rings. The van der Waals surface area contributed by atoms with Crippen molar-refractivity contribution >= 4 is 28.3 Å². The van der Waals surface area contributed by atoms with Gasteiger partial charge < -0.3 is 0 Å². The SMILES string of the molecule is C.CC(C)c1nc2n[nH]c(C(C)C)c2cc1Cl.CN=C(C)C(C)C. The van der Waals surface area contributed by atoms with Crippen molar-refractivity contribution in [3.63, 3.8) is 0 Å². The second-order valence-corrected chi connectivity index (χ2v) is 7.10. The van der Waals surface area contributed by atoms with Gasteiger partial charge in [-0.25, -0.2) is 4.98 Å². The van der Waals surface area contributed by atoms with E-state index >= 15 is 0 Å². The number of aromatic nitrogens is 3. The molecule has 0 atom stereocenters. The number of aromatic amines is 1. The lowest BCUT2D eigenvalue weighted by molar-refractivity contribution is 0.816. The smallest absolute Gasteiger partial charge is 0.181 e. The fourth-order valence-electron chi connectivity index (χ4n) is 2.05. The third-order valence-corrected chi connectivity index (χ3v) is 4.17. The molecule has 0 aliphatic rings. The maximum atomic E-state index is 6.23. The van der Waals surface area contributed by atoms with Crippen molar-refractivity contribution in [1.29, 1.82) is 0 Å². The predicted molar refractivity (Wildman–Crippen MR) is 108 cm³/mol. The number of hydrogen-bond donors (Lipinski definition) is 1. The molecule has 0 aromatic carbocycles. The van der Waals surface area contributed by atoms with Crippen LogP contribution in [0, 0.1) is 5.92 Å². The number of rotatable bonds is 3. The molecule has 4 nitrogen and oxygen atoms in total. The highest BCUT2D eigenvalue weighted by Crippen LogP contribution is 2.29. The summed E-state index contributed by atoms with van der Waals surface area (Å²) in [6.45, 7) is 14.7. The lowest BCUT2D eigenvalue weighted by Gasteiger charge is -2.07. The molecular weight excluding hydrogens is 320 g/mol. The van der Waals surface area contributed by atoms with Crippen LogP contribution in [0.4, 0.5) is 0 Å². The molecule has 0 unspecified atom stereocenters. The van der Waals surface area contributed by atoms with Crippen LogP contribution in [0.2, 0.25) is 5.02 Å². The molecule has 24 heavy (non-hydrogen) atoms. The second-order valence-electron chi connectivity index (χ2n) is 6.69. The molecule has 0 aliphatic carbocycles. The monoisotopic (exact) mass is 352 g/mol. The van der Waals surface area contributed by atoms with E-state index in [-0.39, 0.29) is 7.43 Å². The lowest BCUT2D eigenvalue weighted by Crippen LogP contribution is -1.99. The second kappa shape index (κ2) is 9.77. The summed E-state index contributed by atoms with van der Waals surface area (Å²) in [4.78, 5) is 8.51. The maximum absolute atomic E-state index is 6.23. The van der Waals surface area contributed by atoms with Crippen LogP contribution in [0.3, 0.4) is 0 Å². The number of halogens is 1. The highest BCUT2D eigenvalue weighted by Gasteiger charge is 2.14. The van der Waals surface area contributed by atoms with Gasteiger partial charge in [0.05, 0.1) is 10.7 Å². The predicted octanol–water partition coefficient (Wildman–Crippen LogP) is 6.23. The molecule has 1 N–H and O–H groups in total. The van der Waals surface area contributed by atoms with Crippen molar-refractivity contribution in [3.05, 3.63) is 22.5 Å². The van der Waals surface area contributed by atoms with Gasteiger partial charge in [-0.1, -0.05) is 60.6 Å². The summed E-state index contributed by atoms with van der Waals surface area (Å²) in [6.07, 6.45) is 0. The van der Waals surface area contributed by atoms with Crippen molar-refractivity contribution in [2.45, 2.75) is 67.7 Å². The molecule has 0 saturated carbocycles. The van der Waals surface area contributed by atoms with Crippen LogP contribution in [0.15, 0.2) is 11.1 Å². The first-order valence-corrected chi connectivity index (χ1v) is 8.54. The number of pyridine rings is 1. The number of H-pyrrole nitrogens is 1. The van der Waals surface area contributed by atoms with Gasteiger partial charge in [0, 0.05) is 23.8 Å². The van der Waals surface area contributed by atoms with Gasteiger partial charge in [0.25, 0.3) is 0 Å². The van der Waals surface area contributed by atoms with E-state index in [1.165, 1.54) is 5.71 Å². The summed E-state index contributed by atoms with van der Waals surface area (Å²) < 4.78 is 0. The normalized spacial score (nSPS) is 11.8. The number of hydrogen-bond acceptors (Lipinski definition) is 3. The fourth-order valence-corrected chi connectivity index (χ4v) is 2.42. The van der Waals surface area contributed by atoms with Crippen LogP contribution in [0.25, 0.3) is 11.0 Å². The molecule has 2 aromatic rings. The van der Waals surface area contributed by atoms with Gasteiger partial charge in [-0.2, -0.15) is 5.10 Å². The maximum Gasteiger partial charge on any atom is 0.181 e. The number of aliphatic imine (C=N–C) groups is 1. The van der Waals surface area contributed by atoms with E-state index in [0.717, 1.165) is 27.4 Å². The third-order valence-electron chi connectivity index (χ3n) is 3.87. The van der Waals surface area contributed by atoms with Gasteiger partial charge >= 0.3 is 0 Å². The Morgan fingerprint density at radius 1 is 1.12 bits per heavy atom. The molecule has 0 bridgehead atoms. The number of nitrogens with zero attached hydrogens (tertiary/aromatic N) is 3. The molecule has 5 heteroatoms. The van der Waals surface area contributed by atoms with Crippen molar-refractivity contribution in [3.8, 4) is 0 Å². The van der Waals surface area contributed by atoms with Crippen molar-refractivity contribution in [2.75, 3.05) is 7.05 Å². The molecule has 0 spiro atoms. The minimum Gasteiger partial charge on any atom is -0.297 e. The molecule has 0 aliphatic heterocycles. The molecule has 2 rings (SSSR count). The summed E-state index contributed by atoms with van der Waals surface area (Å²) in [5, 5.41) is 9.02. The Morgan fingerprint density at radius 2 is 1.71 bits per heavy atom. The first kappa shape index (κ1) is 22.6. The molecule has 2 heterocycles. The lowest BCUT2D eigenvalue weighted by atomic mass is 10.1. The minimum absolute atomic E-state index is 0. The van der Waals surface area contributed by atoms with Gasteiger partial charge in [-0.15, -0.1) is 0 Å². The van der Waals surface area contributed by atoms with E-state index in [1.807, 2.05) is 20.0 Å². The van der Waals surface area contributed by atoms with Crippen LogP contribution < -0.4 is 0 Å². The Morgan fingerprint density at radius 3 is 2.08 bits per heavy atom. The van der Waals surface area contributed by atoms with Gasteiger partial charge in [0.15, 0.2) is 5.65 Å². The van der Waals surface area contributed by atoms with Gasteiger partial charge in [0.2, 0.25) is 0 Å². The Labute approximate surface area is 152 Å². The summed E-state index contributed by atoms with van der Waals surface area (Å²) >= 11 is 6.23. The molecule has 0 radical (unpaired) electrons. The Balaban J connectivity index is 0.000000570. The van der Waals surface area contributed by atoms with Gasteiger partial charge in [-0.05, 0) is 30.7 Å². The molecular formula is C19H33ClN4. The highest BCUT2D eigenvalue weighted by molar-refractivity contribution is 6.31. The summed E-state index contributed by atoms with van der Waals surface area (Å²) in [6, 6.07) is 1.97. The molecule has 0 amide bonds. The molecule has 2 aromatic heterocycles. The van der Waals surface area contributed by atoms with E-state index in [2.05, 4.69) is 61.7 Å². The van der Waals surface area contributed by atoms with Crippen molar-refractivity contribution < 1.29 is 0 Å². The van der Waals surface area contributed by atoms with Crippen LogP contribution >= 0.6 is 11.6 Å².